The Hall–Kier alpha value is -2.77. The number of carbonyl (C=O) groups is 2. The largest absolute Gasteiger partial charge is 0.414 e. The average Bonchev–Trinajstić information content (AvgIpc) is 3.29. The number of ether oxygens (including phenoxy) is 1. The number of nitrogens with zero attached hydrogens (tertiary/aromatic N) is 6. The molecule has 2 aromatic rings. The second-order valence-electron chi connectivity index (χ2n) is 9.41. The van der Waals surface area contributed by atoms with E-state index < -0.39 is 24.3 Å². The number of urea groups is 1. The maximum atomic E-state index is 14.8. The SMILES string of the molecule is CN(C(=O)Nc1ncc(Cl)s1)[C@H]1CN(c2nccc(OC(=O)NC34CCN(CC3)CC4)n2)CC[C@H]1F. The van der Waals surface area contributed by atoms with Crippen LogP contribution in [0, 0.1) is 0 Å². The van der Waals surface area contributed by atoms with Crippen LogP contribution in [0.15, 0.2) is 18.5 Å². The van der Waals surface area contributed by atoms with Crippen molar-refractivity contribution in [3.8, 4) is 5.88 Å². The number of aromatic nitrogens is 3. The standard InChI is InChI=1S/C22H28ClFN8O3S/c1-30(20(33)28-19-26-12-16(23)36-19)15-13-32(8-3-14(15)24)18-25-7-2-17(27-18)35-21(34)29-22-4-9-31(10-5-22)11-6-22/h2,7,12,14-15H,3-6,8-11,13H2,1H3,(H,29,34)(H,26,28,33)/t14-,15+/m1/s1. The lowest BCUT2D eigenvalue weighted by atomic mass is 9.80. The number of amides is 3. The van der Waals surface area contributed by atoms with Crippen molar-refractivity contribution < 1.29 is 18.7 Å². The predicted octanol–water partition coefficient (Wildman–Crippen LogP) is 2.99. The molecule has 11 nitrogen and oxygen atoms in total. The molecule has 2 atom stereocenters. The maximum Gasteiger partial charge on any atom is 0.414 e. The highest BCUT2D eigenvalue weighted by Gasteiger charge is 2.41. The molecule has 0 aromatic carbocycles. The predicted molar refractivity (Wildman–Crippen MR) is 134 cm³/mol. The van der Waals surface area contributed by atoms with E-state index in [9.17, 15) is 14.0 Å². The number of nitrogens with one attached hydrogen (secondary N) is 2. The Bertz CT molecular complexity index is 1100. The number of carbonyl (C=O) groups excluding carboxylic acids is 2. The first-order chi connectivity index (χ1) is 17.3. The van der Waals surface area contributed by atoms with Crippen molar-refractivity contribution in [1.82, 2.24) is 30.1 Å². The number of hydrogen-bond acceptors (Lipinski definition) is 9. The van der Waals surface area contributed by atoms with Crippen LogP contribution >= 0.6 is 22.9 Å². The van der Waals surface area contributed by atoms with Gasteiger partial charge in [-0.15, -0.1) is 0 Å². The second kappa shape index (κ2) is 10.3. The third kappa shape index (κ3) is 5.47. The minimum Gasteiger partial charge on any atom is -0.391 e. The van der Waals surface area contributed by atoms with E-state index in [0.29, 0.717) is 22.0 Å². The summed E-state index contributed by atoms with van der Waals surface area (Å²) in [4.78, 5) is 43.5. The molecule has 2 N–H and O–H groups in total. The normalized spacial score (nSPS) is 27.4. The third-order valence-corrected chi connectivity index (χ3v) is 8.22. The van der Waals surface area contributed by atoms with Crippen LogP contribution in [0.25, 0.3) is 0 Å². The van der Waals surface area contributed by atoms with Crippen molar-refractivity contribution in [1.29, 1.82) is 0 Å². The van der Waals surface area contributed by atoms with Gasteiger partial charge in [0.05, 0.1) is 12.2 Å². The van der Waals surface area contributed by atoms with Crippen LogP contribution in [0.1, 0.15) is 25.7 Å². The highest BCUT2D eigenvalue weighted by Crippen LogP contribution is 2.32. The molecule has 2 bridgehead atoms. The molecule has 194 valence electrons. The van der Waals surface area contributed by atoms with Gasteiger partial charge < -0.3 is 24.8 Å². The van der Waals surface area contributed by atoms with Gasteiger partial charge in [0.15, 0.2) is 5.13 Å². The van der Waals surface area contributed by atoms with Crippen LogP contribution in [-0.4, -0.2) is 94.4 Å². The van der Waals surface area contributed by atoms with Crippen molar-refractivity contribution in [3.05, 3.63) is 22.8 Å². The summed E-state index contributed by atoms with van der Waals surface area (Å²) in [5.41, 5.74) is -0.215. The van der Waals surface area contributed by atoms with Gasteiger partial charge in [-0.3, -0.25) is 5.32 Å². The Kier molecular flexibility index (Phi) is 7.13. The van der Waals surface area contributed by atoms with Gasteiger partial charge in [0, 0.05) is 57.6 Å². The first-order valence-corrected chi connectivity index (χ1v) is 13.1. The molecule has 6 rings (SSSR count). The molecule has 0 unspecified atom stereocenters. The molecule has 4 saturated heterocycles. The lowest BCUT2D eigenvalue weighted by Gasteiger charge is -2.48. The van der Waals surface area contributed by atoms with Crippen LogP contribution in [-0.2, 0) is 0 Å². The van der Waals surface area contributed by atoms with Crippen LogP contribution in [0.5, 0.6) is 5.88 Å². The number of piperidine rings is 4. The zero-order valence-electron chi connectivity index (χ0n) is 19.8. The molecule has 3 amide bonds. The van der Waals surface area contributed by atoms with E-state index >= 15 is 0 Å². The molecular weight excluding hydrogens is 511 g/mol. The maximum absolute atomic E-state index is 14.8. The summed E-state index contributed by atoms with van der Waals surface area (Å²) in [6.07, 6.45) is 4.11. The number of fused-ring (bicyclic) bond motifs is 3. The lowest BCUT2D eigenvalue weighted by Crippen LogP contribution is -2.61. The molecule has 4 fully saturated rings. The van der Waals surface area contributed by atoms with Gasteiger partial charge >= 0.3 is 12.1 Å². The highest BCUT2D eigenvalue weighted by atomic mass is 35.5. The fourth-order valence-electron chi connectivity index (χ4n) is 4.99. The zero-order valence-corrected chi connectivity index (χ0v) is 21.4. The number of alkyl halides is 1. The summed E-state index contributed by atoms with van der Waals surface area (Å²) in [5.74, 6) is 0.426. The van der Waals surface area contributed by atoms with Crippen molar-refractivity contribution in [3.63, 3.8) is 0 Å². The minimum absolute atomic E-state index is 0.118. The summed E-state index contributed by atoms with van der Waals surface area (Å²) in [7, 11) is 1.53. The first-order valence-electron chi connectivity index (χ1n) is 11.9. The summed E-state index contributed by atoms with van der Waals surface area (Å²) in [6, 6.07) is 0.294. The number of hydrogen-bond donors (Lipinski definition) is 2. The van der Waals surface area contributed by atoms with E-state index in [0.717, 1.165) is 50.2 Å². The molecule has 0 radical (unpaired) electrons. The van der Waals surface area contributed by atoms with Crippen LogP contribution in [0.2, 0.25) is 4.34 Å². The Labute approximate surface area is 217 Å². The van der Waals surface area contributed by atoms with E-state index in [1.54, 1.807) is 4.90 Å². The summed E-state index contributed by atoms with van der Waals surface area (Å²) in [6.45, 7) is 3.48. The van der Waals surface area contributed by atoms with Crippen molar-refractivity contribution in [2.75, 3.05) is 50.0 Å². The van der Waals surface area contributed by atoms with E-state index in [1.807, 2.05) is 0 Å². The van der Waals surface area contributed by atoms with E-state index in [4.69, 9.17) is 16.3 Å². The van der Waals surface area contributed by atoms with Gasteiger partial charge in [-0.1, -0.05) is 22.9 Å². The Morgan fingerprint density at radius 3 is 2.69 bits per heavy atom. The Balaban J connectivity index is 1.21. The number of rotatable bonds is 5. The Morgan fingerprint density at radius 2 is 2.00 bits per heavy atom. The third-order valence-electron chi connectivity index (χ3n) is 7.19. The quantitative estimate of drug-likeness (QED) is 0.597. The van der Waals surface area contributed by atoms with Gasteiger partial charge in [-0.25, -0.2) is 23.9 Å². The van der Waals surface area contributed by atoms with Crippen LogP contribution in [0.4, 0.5) is 25.1 Å². The molecule has 6 heterocycles. The van der Waals surface area contributed by atoms with Crippen molar-refractivity contribution in [2.45, 2.75) is 43.4 Å². The smallest absolute Gasteiger partial charge is 0.391 e. The van der Waals surface area contributed by atoms with E-state index in [2.05, 4.69) is 30.5 Å². The minimum atomic E-state index is -1.22. The summed E-state index contributed by atoms with van der Waals surface area (Å²) in [5, 5.41) is 6.03. The Morgan fingerprint density at radius 1 is 1.25 bits per heavy atom. The molecular formula is C22H28ClFN8O3S. The molecule has 0 saturated carbocycles. The van der Waals surface area contributed by atoms with Crippen LogP contribution < -0.4 is 20.3 Å². The number of thiazole rings is 1. The summed E-state index contributed by atoms with van der Waals surface area (Å²) >= 11 is 6.99. The molecule has 36 heavy (non-hydrogen) atoms. The van der Waals surface area contributed by atoms with Gasteiger partial charge in [-0.2, -0.15) is 4.98 Å². The number of likely N-dealkylation sites (N-methyl/N-ethyl adjacent to an activating group) is 1. The van der Waals surface area contributed by atoms with Gasteiger partial charge in [-0.05, 0) is 25.7 Å². The van der Waals surface area contributed by atoms with E-state index in [1.165, 1.54) is 30.4 Å². The molecule has 4 aliphatic heterocycles. The van der Waals surface area contributed by atoms with Gasteiger partial charge in [0.2, 0.25) is 11.8 Å². The molecule has 0 spiro atoms. The highest BCUT2D eigenvalue weighted by molar-refractivity contribution is 7.19. The lowest BCUT2D eigenvalue weighted by molar-refractivity contribution is 0.0613. The molecule has 2 aromatic heterocycles. The zero-order chi connectivity index (χ0) is 25.3. The van der Waals surface area contributed by atoms with E-state index in [-0.39, 0.29) is 24.4 Å². The topological polar surface area (TPSA) is 116 Å². The molecule has 0 aliphatic carbocycles. The summed E-state index contributed by atoms with van der Waals surface area (Å²) < 4.78 is 20.8. The fourth-order valence-corrected chi connectivity index (χ4v) is 5.79. The molecule has 4 aliphatic rings. The average molecular weight is 539 g/mol. The fraction of sp³-hybridized carbons (Fsp3) is 0.591. The van der Waals surface area contributed by atoms with Gasteiger partial charge in [0.1, 0.15) is 10.5 Å². The number of anilines is 2. The first kappa shape index (κ1) is 24.9. The second-order valence-corrected chi connectivity index (χ2v) is 11.1. The van der Waals surface area contributed by atoms with Crippen molar-refractivity contribution in [2.24, 2.45) is 0 Å². The monoisotopic (exact) mass is 538 g/mol. The number of halogens is 2. The van der Waals surface area contributed by atoms with Crippen LogP contribution in [0.3, 0.4) is 0 Å². The van der Waals surface area contributed by atoms with Crippen molar-refractivity contribution >= 4 is 46.1 Å². The van der Waals surface area contributed by atoms with Gasteiger partial charge in [0.25, 0.3) is 0 Å². The molecule has 14 heteroatoms.